The molecule has 4 aromatic heterocycles. The predicted molar refractivity (Wildman–Crippen MR) is 221 cm³/mol. The van der Waals surface area contributed by atoms with Crippen LogP contribution < -0.4 is 30.5 Å². The lowest BCUT2D eigenvalue weighted by molar-refractivity contribution is -0.138. The number of alkyl halides is 6. The number of halogens is 7. The van der Waals surface area contributed by atoms with Crippen molar-refractivity contribution >= 4 is 22.7 Å². The monoisotopic (exact) mass is 944 g/mol. The summed E-state index contributed by atoms with van der Waals surface area (Å²) in [5.41, 5.74) is 1.73. The number of methoxy groups -OCH3 is 2. The van der Waals surface area contributed by atoms with Crippen molar-refractivity contribution < 1.29 is 58.7 Å². The quantitative estimate of drug-likeness (QED) is 0.111. The molecule has 0 radical (unpaired) electrons. The summed E-state index contributed by atoms with van der Waals surface area (Å²) in [6, 6.07) is 17.0. The van der Waals surface area contributed by atoms with Gasteiger partial charge in [0.25, 0.3) is 0 Å². The highest BCUT2D eigenvalue weighted by molar-refractivity contribution is 7.15. The van der Waals surface area contributed by atoms with E-state index in [-0.39, 0.29) is 41.9 Å². The fourth-order valence-corrected chi connectivity index (χ4v) is 7.88. The average molecular weight is 945 g/mol. The van der Waals surface area contributed by atoms with Crippen LogP contribution in [0, 0.1) is 19.7 Å². The molecule has 65 heavy (non-hydrogen) atoms. The van der Waals surface area contributed by atoms with Gasteiger partial charge in [0.2, 0.25) is 0 Å². The summed E-state index contributed by atoms with van der Waals surface area (Å²) in [5, 5.41) is 8.29. The minimum atomic E-state index is -4.42. The number of aromatic nitrogens is 6. The number of thiazole rings is 2. The van der Waals surface area contributed by atoms with E-state index in [2.05, 4.69) is 39.3 Å². The van der Waals surface area contributed by atoms with E-state index in [4.69, 9.17) is 18.9 Å². The Kier molecular flexibility index (Phi) is 13.3. The van der Waals surface area contributed by atoms with E-state index in [1.807, 2.05) is 6.92 Å². The molecule has 0 unspecified atom stereocenters. The molecule has 0 spiro atoms. The predicted octanol–water partition coefficient (Wildman–Crippen LogP) is 10.3. The van der Waals surface area contributed by atoms with Crippen LogP contribution in [-0.2, 0) is 25.6 Å². The summed E-state index contributed by atoms with van der Waals surface area (Å²) >= 11 is 2.58. The highest BCUT2D eigenvalue weighted by Gasteiger charge is 2.31. The van der Waals surface area contributed by atoms with Crippen LogP contribution in [0.15, 0.2) is 97.5 Å². The van der Waals surface area contributed by atoms with Gasteiger partial charge in [-0.3, -0.25) is 19.0 Å². The van der Waals surface area contributed by atoms with Crippen molar-refractivity contribution in [2.24, 2.45) is 0 Å². The number of nitrogens with zero attached hydrogens (tertiary/aromatic N) is 4. The first-order valence-electron chi connectivity index (χ1n) is 18.6. The van der Waals surface area contributed by atoms with Gasteiger partial charge in [-0.1, -0.05) is 34.6 Å². The SMILES string of the molecule is COc1cc(OCc2sc(-c3ccc(C(F)(F)F)cc3)nc2C)c(F)cc1-c1noc(=O)[nH]1.COc1cc(OCc2sc(-c3ccc(C(F)(F)F)cc3)nc2C)ccc1-c1noc(=O)[nH]1. The zero-order valence-electron chi connectivity index (χ0n) is 33.9. The smallest absolute Gasteiger partial charge is 0.439 e. The van der Waals surface area contributed by atoms with E-state index in [0.29, 0.717) is 48.8 Å². The van der Waals surface area contributed by atoms with E-state index >= 15 is 0 Å². The van der Waals surface area contributed by atoms with Crippen molar-refractivity contribution in [1.82, 2.24) is 30.2 Å². The van der Waals surface area contributed by atoms with Crippen LogP contribution in [0.2, 0.25) is 0 Å². The summed E-state index contributed by atoms with van der Waals surface area (Å²) in [5.74, 6) is -0.921. The molecule has 8 aromatic rings. The largest absolute Gasteiger partial charge is 0.496 e. The zero-order valence-corrected chi connectivity index (χ0v) is 35.6. The van der Waals surface area contributed by atoms with Gasteiger partial charge in [-0.25, -0.2) is 23.9 Å². The van der Waals surface area contributed by atoms with Crippen molar-refractivity contribution in [2.45, 2.75) is 39.4 Å². The maximum atomic E-state index is 14.6. The van der Waals surface area contributed by atoms with Crippen molar-refractivity contribution in [3.8, 4) is 66.9 Å². The van der Waals surface area contributed by atoms with Gasteiger partial charge in [-0.05, 0) is 56.3 Å². The molecule has 0 aliphatic heterocycles. The Balaban J connectivity index is 0.000000194. The maximum absolute atomic E-state index is 14.6. The second-order valence-electron chi connectivity index (χ2n) is 13.5. The first-order chi connectivity index (χ1) is 30.9. The summed E-state index contributed by atoms with van der Waals surface area (Å²) in [6.45, 7) is 3.73. The molecule has 0 atom stereocenters. The highest BCUT2D eigenvalue weighted by Crippen LogP contribution is 2.38. The molecule has 0 bridgehead atoms. The maximum Gasteiger partial charge on any atom is 0.439 e. The van der Waals surface area contributed by atoms with Gasteiger partial charge in [0, 0.05) is 23.3 Å². The Hall–Kier alpha value is -7.27. The van der Waals surface area contributed by atoms with Gasteiger partial charge in [0.15, 0.2) is 23.2 Å². The summed E-state index contributed by atoms with van der Waals surface area (Å²) in [4.78, 5) is 37.5. The van der Waals surface area contributed by atoms with Crippen LogP contribution in [0.25, 0.3) is 43.9 Å². The van der Waals surface area contributed by atoms with Gasteiger partial charge in [0.05, 0.1) is 57.6 Å². The molecule has 0 saturated heterocycles. The molecule has 0 saturated carbocycles. The first kappa shape index (κ1) is 45.7. The molecule has 0 aliphatic carbocycles. The average Bonchev–Trinajstić information content (AvgIpc) is 4.09. The molecule has 4 aromatic carbocycles. The molecule has 8 rings (SSSR count). The lowest BCUT2D eigenvalue weighted by atomic mass is 10.1. The summed E-state index contributed by atoms with van der Waals surface area (Å²) < 4.78 is 122. The van der Waals surface area contributed by atoms with E-state index in [9.17, 15) is 40.3 Å². The van der Waals surface area contributed by atoms with Gasteiger partial charge in [0.1, 0.15) is 40.5 Å². The van der Waals surface area contributed by atoms with Gasteiger partial charge in [-0.15, -0.1) is 22.7 Å². The Labute approximate surface area is 369 Å². The van der Waals surface area contributed by atoms with Crippen LogP contribution in [-0.4, -0.2) is 44.5 Å². The Morgan fingerprint density at radius 1 is 0.600 bits per heavy atom. The molecule has 23 heteroatoms. The third kappa shape index (κ3) is 10.7. The van der Waals surface area contributed by atoms with Gasteiger partial charge < -0.3 is 18.9 Å². The second kappa shape index (κ2) is 18.8. The van der Waals surface area contributed by atoms with Gasteiger partial charge in [-0.2, -0.15) is 26.3 Å². The van der Waals surface area contributed by atoms with E-state index in [1.165, 1.54) is 67.2 Å². The number of aryl methyl sites for hydroxylation is 2. The Morgan fingerprint density at radius 2 is 1.06 bits per heavy atom. The topological polar surface area (TPSA) is 180 Å². The van der Waals surface area contributed by atoms with Crippen molar-refractivity contribution in [3.05, 3.63) is 138 Å². The fourth-order valence-electron chi connectivity index (χ4n) is 5.91. The first-order valence-corrected chi connectivity index (χ1v) is 20.2. The van der Waals surface area contributed by atoms with Gasteiger partial charge >= 0.3 is 23.9 Å². The van der Waals surface area contributed by atoms with E-state index in [0.717, 1.165) is 40.9 Å². The summed E-state index contributed by atoms with van der Waals surface area (Å²) in [6.07, 6.45) is -8.80. The number of aromatic amines is 2. The number of H-pyrrole nitrogens is 2. The Morgan fingerprint density at radius 3 is 1.51 bits per heavy atom. The van der Waals surface area contributed by atoms with E-state index < -0.39 is 40.8 Å². The second-order valence-corrected chi connectivity index (χ2v) is 15.7. The number of rotatable bonds is 12. The van der Waals surface area contributed by atoms with Crippen molar-refractivity contribution in [1.29, 1.82) is 0 Å². The van der Waals surface area contributed by atoms with Crippen LogP contribution in [0.4, 0.5) is 30.7 Å². The minimum Gasteiger partial charge on any atom is -0.496 e. The molecule has 0 fully saturated rings. The van der Waals surface area contributed by atoms with Crippen LogP contribution in [0.1, 0.15) is 32.3 Å². The van der Waals surface area contributed by atoms with Crippen LogP contribution in [0.3, 0.4) is 0 Å². The van der Waals surface area contributed by atoms with Crippen LogP contribution in [0.5, 0.6) is 23.0 Å². The molecule has 2 N–H and O–H groups in total. The molecule has 338 valence electrons. The number of ether oxygens (including phenoxy) is 4. The minimum absolute atomic E-state index is 0.00165. The molecule has 4 heterocycles. The third-order valence-electron chi connectivity index (χ3n) is 9.25. The third-order valence-corrected chi connectivity index (χ3v) is 11.6. The summed E-state index contributed by atoms with van der Waals surface area (Å²) in [7, 11) is 2.84. The number of hydrogen-bond donors (Lipinski definition) is 2. The normalized spacial score (nSPS) is 11.6. The number of hydrogen-bond acceptors (Lipinski definition) is 14. The van der Waals surface area contributed by atoms with E-state index in [1.54, 1.807) is 25.1 Å². The molecular formula is C42H31F7N6O8S2. The molecule has 0 aliphatic rings. The van der Waals surface area contributed by atoms with Crippen molar-refractivity contribution in [2.75, 3.05) is 14.2 Å². The highest BCUT2D eigenvalue weighted by atomic mass is 32.1. The standard InChI is InChI=1S/C21H15F4N3O4S.C21H16F3N3O4S/c1-10-17(33-19(26-10)11-3-5-12(6-4-11)21(23,24)25)9-31-16-8-15(30-2)13(7-14(16)22)18-27-20(29)32-28-18;1-11-17(32-19(25-11)12-3-5-13(6-4-12)21(22,23)24)10-30-14-7-8-15(16(9-14)29-2)18-26-20(28)31-27-18/h3-8H,9H2,1-2H3,(H,27,28,29);3-9H,10H2,1-2H3,(H,26,27,28). The molecular weight excluding hydrogens is 914 g/mol. The lowest BCUT2D eigenvalue weighted by Gasteiger charge is -2.11. The number of benzene rings is 4. The molecule has 14 nitrogen and oxygen atoms in total. The van der Waals surface area contributed by atoms with Crippen LogP contribution >= 0.6 is 22.7 Å². The Bertz CT molecular complexity index is 3040. The lowest BCUT2D eigenvalue weighted by Crippen LogP contribution is -2.03. The zero-order chi connectivity index (χ0) is 46.6. The van der Waals surface area contributed by atoms with Crippen molar-refractivity contribution in [3.63, 3.8) is 0 Å². The molecule has 0 amide bonds. The number of nitrogens with one attached hydrogen (secondary N) is 2. The fraction of sp³-hybridized carbons (Fsp3) is 0.190.